The summed E-state index contributed by atoms with van der Waals surface area (Å²) in [7, 11) is 0. The Morgan fingerprint density at radius 2 is 2.05 bits per heavy atom. The first-order chi connectivity index (χ1) is 9.25. The first-order valence-electron chi connectivity index (χ1n) is 5.89. The molecule has 0 radical (unpaired) electrons. The van der Waals surface area contributed by atoms with Crippen LogP contribution in [0.3, 0.4) is 0 Å². The number of carbonyl (C=O) groups is 1. The number of thioether (sulfide) groups is 1. The quantitative estimate of drug-likeness (QED) is 0.843. The van der Waals surface area contributed by atoms with Gasteiger partial charge in [-0.1, -0.05) is 6.92 Å². The second-order valence-electron chi connectivity index (χ2n) is 4.46. The maximum absolute atomic E-state index is 13.1. The summed E-state index contributed by atoms with van der Waals surface area (Å²) in [5.41, 5.74) is -1.63. The molecular formula is C13H15F4NOS. The van der Waals surface area contributed by atoms with E-state index in [1.54, 1.807) is 11.8 Å². The lowest BCUT2D eigenvalue weighted by Crippen LogP contribution is -2.29. The fraction of sp³-hybridized carbons (Fsp3) is 0.462. The molecule has 0 bridgehead atoms. The minimum absolute atomic E-state index is 0.199. The topological polar surface area (TPSA) is 29.1 Å². The Bertz CT molecular complexity index is 476. The number of nitrogens with one attached hydrogen (secondary N) is 1. The highest BCUT2D eigenvalue weighted by Crippen LogP contribution is 2.31. The van der Waals surface area contributed by atoms with Crippen molar-refractivity contribution >= 4 is 17.7 Å². The van der Waals surface area contributed by atoms with E-state index < -0.39 is 23.5 Å². The van der Waals surface area contributed by atoms with Crippen LogP contribution in [-0.2, 0) is 6.18 Å². The molecule has 7 heteroatoms. The Kier molecular flexibility index (Phi) is 5.86. The lowest BCUT2D eigenvalue weighted by atomic mass is 10.1. The summed E-state index contributed by atoms with van der Waals surface area (Å²) in [5, 5.41) is 2.54. The summed E-state index contributed by atoms with van der Waals surface area (Å²) in [6, 6.07) is 2.23. The Balaban J connectivity index is 2.79. The maximum Gasteiger partial charge on any atom is 0.419 e. The van der Waals surface area contributed by atoms with Crippen LogP contribution in [0.25, 0.3) is 0 Å². The number of hydrogen-bond donors (Lipinski definition) is 1. The normalized spacial score (nSPS) is 13.1. The first-order valence-corrected chi connectivity index (χ1v) is 7.29. The molecule has 1 aromatic carbocycles. The number of alkyl halides is 3. The molecule has 20 heavy (non-hydrogen) atoms. The lowest BCUT2D eigenvalue weighted by Gasteiger charge is -2.13. The van der Waals surface area contributed by atoms with Crippen LogP contribution in [-0.4, -0.2) is 24.5 Å². The number of benzene rings is 1. The predicted molar refractivity (Wildman–Crippen MR) is 71.3 cm³/mol. The second kappa shape index (κ2) is 6.97. The summed E-state index contributed by atoms with van der Waals surface area (Å²) < 4.78 is 50.7. The first kappa shape index (κ1) is 16.8. The number of halogens is 4. The molecule has 0 saturated carbocycles. The summed E-state index contributed by atoms with van der Waals surface area (Å²) >= 11 is 1.62. The van der Waals surface area contributed by atoms with Crippen molar-refractivity contribution in [1.29, 1.82) is 0 Å². The Morgan fingerprint density at radius 3 is 2.60 bits per heavy atom. The zero-order valence-electron chi connectivity index (χ0n) is 11.1. The van der Waals surface area contributed by atoms with Gasteiger partial charge in [-0.3, -0.25) is 4.79 Å². The maximum atomic E-state index is 13.1. The van der Waals surface area contributed by atoms with E-state index in [1.165, 1.54) is 0 Å². The van der Waals surface area contributed by atoms with Crippen LogP contribution >= 0.6 is 11.8 Å². The fourth-order valence-electron chi connectivity index (χ4n) is 1.60. The van der Waals surface area contributed by atoms with E-state index in [9.17, 15) is 22.4 Å². The molecule has 1 aromatic rings. The van der Waals surface area contributed by atoms with Crippen LogP contribution in [0.5, 0.6) is 0 Å². The third kappa shape index (κ3) is 4.70. The predicted octanol–water partition coefficient (Wildman–Crippen LogP) is 3.57. The van der Waals surface area contributed by atoms with Gasteiger partial charge in [0.1, 0.15) is 5.82 Å². The molecule has 112 valence electrons. The van der Waals surface area contributed by atoms with Crippen molar-refractivity contribution in [3.8, 4) is 0 Å². The van der Waals surface area contributed by atoms with Crippen molar-refractivity contribution in [2.24, 2.45) is 5.92 Å². The second-order valence-corrected chi connectivity index (χ2v) is 5.37. The van der Waals surface area contributed by atoms with Gasteiger partial charge in [-0.25, -0.2) is 4.39 Å². The van der Waals surface area contributed by atoms with Crippen LogP contribution in [0.1, 0.15) is 22.8 Å². The van der Waals surface area contributed by atoms with Gasteiger partial charge in [0.25, 0.3) is 5.91 Å². The summed E-state index contributed by atoms with van der Waals surface area (Å²) in [5.74, 6) is -0.984. The van der Waals surface area contributed by atoms with E-state index in [0.717, 1.165) is 11.8 Å². The van der Waals surface area contributed by atoms with Gasteiger partial charge in [-0.15, -0.1) is 0 Å². The molecule has 0 aliphatic rings. The van der Waals surface area contributed by atoms with E-state index >= 15 is 0 Å². The summed E-state index contributed by atoms with van der Waals surface area (Å²) in [4.78, 5) is 11.7. The molecule has 0 aliphatic carbocycles. The Morgan fingerprint density at radius 1 is 1.40 bits per heavy atom. The zero-order chi connectivity index (χ0) is 15.3. The van der Waals surface area contributed by atoms with Crippen molar-refractivity contribution in [3.63, 3.8) is 0 Å². The molecule has 1 N–H and O–H groups in total. The van der Waals surface area contributed by atoms with E-state index in [4.69, 9.17) is 0 Å². The van der Waals surface area contributed by atoms with Gasteiger partial charge >= 0.3 is 6.18 Å². The highest BCUT2D eigenvalue weighted by molar-refractivity contribution is 7.98. The van der Waals surface area contributed by atoms with Crippen LogP contribution in [0.15, 0.2) is 18.2 Å². The van der Waals surface area contributed by atoms with E-state index in [0.29, 0.717) is 18.7 Å². The third-order valence-corrected chi connectivity index (χ3v) is 3.50. The molecule has 1 rings (SSSR count). The smallest absolute Gasteiger partial charge is 0.352 e. The molecule has 0 saturated heterocycles. The van der Waals surface area contributed by atoms with E-state index in [2.05, 4.69) is 5.32 Å². The minimum atomic E-state index is -4.81. The largest absolute Gasteiger partial charge is 0.419 e. The van der Waals surface area contributed by atoms with Crippen molar-refractivity contribution in [1.82, 2.24) is 5.32 Å². The molecule has 1 unspecified atom stereocenters. The molecule has 0 aromatic heterocycles. The number of amides is 1. The van der Waals surface area contributed by atoms with Crippen LogP contribution in [0, 0.1) is 11.7 Å². The molecule has 0 spiro atoms. The Hall–Kier alpha value is -1.24. The van der Waals surface area contributed by atoms with Crippen LogP contribution < -0.4 is 5.32 Å². The van der Waals surface area contributed by atoms with Crippen molar-refractivity contribution in [2.75, 3.05) is 18.6 Å². The summed E-state index contributed by atoms with van der Waals surface area (Å²) in [6.07, 6.45) is -2.89. The highest BCUT2D eigenvalue weighted by atomic mass is 32.2. The van der Waals surface area contributed by atoms with Gasteiger partial charge in [-0.2, -0.15) is 24.9 Å². The van der Waals surface area contributed by atoms with E-state index in [-0.39, 0.29) is 11.5 Å². The lowest BCUT2D eigenvalue weighted by molar-refractivity contribution is -0.140. The van der Waals surface area contributed by atoms with Crippen LogP contribution in [0.2, 0.25) is 0 Å². The van der Waals surface area contributed by atoms with Gasteiger partial charge in [0.05, 0.1) is 5.56 Å². The van der Waals surface area contributed by atoms with Gasteiger partial charge < -0.3 is 5.32 Å². The van der Waals surface area contributed by atoms with Gasteiger partial charge in [0.2, 0.25) is 0 Å². The third-order valence-electron chi connectivity index (χ3n) is 2.60. The minimum Gasteiger partial charge on any atom is -0.352 e. The number of rotatable bonds is 5. The molecule has 0 heterocycles. The number of hydrogen-bond acceptors (Lipinski definition) is 2. The molecule has 1 atom stereocenters. The average Bonchev–Trinajstić information content (AvgIpc) is 2.35. The molecular weight excluding hydrogens is 294 g/mol. The van der Waals surface area contributed by atoms with E-state index in [1.807, 2.05) is 13.2 Å². The number of carbonyl (C=O) groups excluding carboxylic acids is 1. The van der Waals surface area contributed by atoms with Crippen molar-refractivity contribution < 1.29 is 22.4 Å². The Labute approximate surface area is 118 Å². The molecule has 2 nitrogen and oxygen atoms in total. The monoisotopic (exact) mass is 309 g/mol. The van der Waals surface area contributed by atoms with Gasteiger partial charge in [0, 0.05) is 12.1 Å². The molecule has 1 amide bonds. The van der Waals surface area contributed by atoms with Crippen LogP contribution in [0.4, 0.5) is 17.6 Å². The van der Waals surface area contributed by atoms with Crippen molar-refractivity contribution in [2.45, 2.75) is 13.1 Å². The molecule has 0 fully saturated rings. The van der Waals surface area contributed by atoms with Crippen molar-refractivity contribution in [3.05, 3.63) is 35.1 Å². The standard InChI is InChI=1S/C13H15F4NOS/c1-8(7-20-2)6-18-12(19)9-3-4-11(14)10(5-9)13(15,16)17/h3-5,8H,6-7H2,1-2H3,(H,18,19). The fourth-order valence-corrected chi connectivity index (χ4v) is 2.28. The summed E-state index contributed by atoms with van der Waals surface area (Å²) in [6.45, 7) is 2.28. The highest BCUT2D eigenvalue weighted by Gasteiger charge is 2.34. The SMILES string of the molecule is CSCC(C)CNC(=O)c1ccc(F)c(C(F)(F)F)c1. The van der Waals surface area contributed by atoms with Gasteiger partial charge in [0.15, 0.2) is 0 Å². The average molecular weight is 309 g/mol. The van der Waals surface area contributed by atoms with Gasteiger partial charge in [-0.05, 0) is 36.1 Å². The zero-order valence-corrected chi connectivity index (χ0v) is 11.9. The molecule has 0 aliphatic heterocycles.